The molecule has 0 spiro atoms. The van der Waals surface area contributed by atoms with Crippen LogP contribution in [0, 0.1) is 0 Å². The van der Waals surface area contributed by atoms with Crippen molar-refractivity contribution >= 4 is 22.6 Å². The molecule has 1 aliphatic rings. The van der Waals surface area contributed by atoms with E-state index in [-0.39, 0.29) is 6.10 Å². The molecular formula is C8H11IO2. The summed E-state index contributed by atoms with van der Waals surface area (Å²) in [6.45, 7) is 1.75. The second kappa shape index (κ2) is 3.58. The van der Waals surface area contributed by atoms with Gasteiger partial charge in [0.25, 0.3) is 0 Å². The Hall–Kier alpha value is -0.0300. The van der Waals surface area contributed by atoms with E-state index in [1.165, 1.54) is 0 Å². The largest absolute Gasteiger partial charge is 0.512 e. The van der Waals surface area contributed by atoms with Gasteiger partial charge in [-0.3, -0.25) is 0 Å². The molecule has 3 heteroatoms. The van der Waals surface area contributed by atoms with Crippen molar-refractivity contribution < 1.29 is 10.2 Å². The highest BCUT2D eigenvalue weighted by Gasteiger charge is 2.14. The highest BCUT2D eigenvalue weighted by Crippen LogP contribution is 2.28. The first-order valence-corrected chi connectivity index (χ1v) is 4.65. The van der Waals surface area contributed by atoms with Crippen molar-refractivity contribution in [2.45, 2.75) is 25.9 Å². The van der Waals surface area contributed by atoms with E-state index < -0.39 is 0 Å². The molecule has 0 aromatic rings. The molecule has 0 amide bonds. The molecule has 0 saturated heterocycles. The summed E-state index contributed by atoms with van der Waals surface area (Å²) in [5.74, 6) is 0.416. The van der Waals surface area contributed by atoms with Crippen molar-refractivity contribution in [3.05, 3.63) is 21.0 Å². The summed E-state index contributed by atoms with van der Waals surface area (Å²) in [4.78, 5) is 0. The number of halogens is 1. The summed E-state index contributed by atoms with van der Waals surface area (Å²) in [7, 11) is 0. The molecule has 0 heterocycles. The van der Waals surface area contributed by atoms with Crippen LogP contribution >= 0.6 is 22.6 Å². The molecule has 1 atom stereocenters. The van der Waals surface area contributed by atoms with Crippen LogP contribution in [-0.2, 0) is 0 Å². The third kappa shape index (κ3) is 2.20. The maximum Gasteiger partial charge on any atom is 0.0936 e. The molecule has 0 radical (unpaired) electrons. The van der Waals surface area contributed by atoms with Crippen molar-refractivity contribution in [2.75, 3.05) is 0 Å². The van der Waals surface area contributed by atoms with E-state index in [2.05, 4.69) is 22.6 Å². The number of hydrogen-bond acceptors (Lipinski definition) is 2. The minimum absolute atomic E-state index is 0.383. The van der Waals surface area contributed by atoms with Crippen molar-refractivity contribution in [1.29, 1.82) is 0 Å². The van der Waals surface area contributed by atoms with Gasteiger partial charge in [-0.2, -0.15) is 0 Å². The van der Waals surface area contributed by atoms with E-state index in [0.29, 0.717) is 12.2 Å². The fourth-order valence-electron chi connectivity index (χ4n) is 1.10. The molecule has 0 aromatic heterocycles. The van der Waals surface area contributed by atoms with Crippen LogP contribution < -0.4 is 0 Å². The molecule has 11 heavy (non-hydrogen) atoms. The Morgan fingerprint density at radius 3 is 2.64 bits per heavy atom. The average molecular weight is 266 g/mol. The molecule has 2 N–H and O–H groups in total. The maximum absolute atomic E-state index is 9.26. The highest BCUT2D eigenvalue weighted by atomic mass is 127. The Bertz CT molecular complexity index is 216. The second-order valence-electron chi connectivity index (χ2n) is 2.68. The predicted octanol–water partition coefficient (Wildman–Crippen LogP) is 2.29. The SMILES string of the molecule is CC(O)C1=C(I)C=C(O)CC1. The van der Waals surface area contributed by atoms with Crippen molar-refractivity contribution in [3.8, 4) is 0 Å². The van der Waals surface area contributed by atoms with Gasteiger partial charge < -0.3 is 10.2 Å². The number of aliphatic hydroxyl groups excluding tert-OH is 2. The lowest BCUT2D eigenvalue weighted by Gasteiger charge is -2.16. The molecule has 0 fully saturated rings. The molecule has 0 aliphatic heterocycles. The predicted molar refractivity (Wildman–Crippen MR) is 52.7 cm³/mol. The van der Waals surface area contributed by atoms with Crippen LogP contribution in [0.5, 0.6) is 0 Å². The third-order valence-electron chi connectivity index (χ3n) is 1.75. The van der Waals surface area contributed by atoms with E-state index in [4.69, 9.17) is 5.11 Å². The fraction of sp³-hybridized carbons (Fsp3) is 0.500. The Morgan fingerprint density at radius 2 is 2.18 bits per heavy atom. The van der Waals surface area contributed by atoms with Gasteiger partial charge in [-0.15, -0.1) is 0 Å². The quantitative estimate of drug-likeness (QED) is 0.715. The summed E-state index contributed by atoms with van der Waals surface area (Å²) in [6, 6.07) is 0. The van der Waals surface area contributed by atoms with Gasteiger partial charge in [-0.05, 0) is 47.6 Å². The van der Waals surface area contributed by atoms with Gasteiger partial charge in [-0.25, -0.2) is 0 Å². The minimum Gasteiger partial charge on any atom is -0.512 e. The normalized spacial score (nSPS) is 21.5. The lowest BCUT2D eigenvalue weighted by molar-refractivity contribution is 0.224. The number of hydrogen-bond donors (Lipinski definition) is 2. The van der Waals surface area contributed by atoms with Crippen LogP contribution in [0.3, 0.4) is 0 Å². The van der Waals surface area contributed by atoms with Gasteiger partial charge in [0.1, 0.15) is 0 Å². The maximum atomic E-state index is 9.26. The molecule has 1 unspecified atom stereocenters. The van der Waals surface area contributed by atoms with E-state index in [1.54, 1.807) is 13.0 Å². The highest BCUT2D eigenvalue weighted by molar-refractivity contribution is 14.1. The minimum atomic E-state index is -0.383. The van der Waals surface area contributed by atoms with Gasteiger partial charge >= 0.3 is 0 Å². The van der Waals surface area contributed by atoms with E-state index in [1.807, 2.05) is 0 Å². The monoisotopic (exact) mass is 266 g/mol. The molecule has 1 aliphatic carbocycles. The zero-order chi connectivity index (χ0) is 8.43. The number of rotatable bonds is 1. The molecule has 0 bridgehead atoms. The molecule has 0 aromatic carbocycles. The molecule has 2 nitrogen and oxygen atoms in total. The van der Waals surface area contributed by atoms with Gasteiger partial charge in [0.2, 0.25) is 0 Å². The van der Waals surface area contributed by atoms with E-state index in [0.717, 1.165) is 15.6 Å². The molecule has 1 rings (SSSR count). The van der Waals surface area contributed by atoms with Crippen LogP contribution in [0.2, 0.25) is 0 Å². The van der Waals surface area contributed by atoms with Crippen molar-refractivity contribution in [1.82, 2.24) is 0 Å². The Labute approximate surface area is 79.8 Å². The van der Waals surface area contributed by atoms with Crippen molar-refractivity contribution in [2.24, 2.45) is 0 Å². The number of allylic oxidation sites excluding steroid dienone is 3. The molecular weight excluding hydrogens is 255 g/mol. The first-order chi connectivity index (χ1) is 5.11. The van der Waals surface area contributed by atoms with Gasteiger partial charge in [0, 0.05) is 10.0 Å². The van der Waals surface area contributed by atoms with Crippen molar-refractivity contribution in [3.63, 3.8) is 0 Å². The molecule has 0 saturated carbocycles. The van der Waals surface area contributed by atoms with Crippen LogP contribution in [0.15, 0.2) is 21.0 Å². The zero-order valence-electron chi connectivity index (χ0n) is 6.34. The lowest BCUT2D eigenvalue weighted by atomic mass is 10.00. The van der Waals surface area contributed by atoms with Crippen LogP contribution in [0.4, 0.5) is 0 Å². The standard InChI is InChI=1S/C8H11IO2/c1-5(10)7-3-2-6(11)4-8(7)9/h4-5,10-11H,2-3H2,1H3. The average Bonchev–Trinajstić information content (AvgIpc) is 1.85. The van der Waals surface area contributed by atoms with Crippen LogP contribution in [-0.4, -0.2) is 16.3 Å². The van der Waals surface area contributed by atoms with Crippen LogP contribution in [0.1, 0.15) is 19.8 Å². The second-order valence-corrected chi connectivity index (χ2v) is 3.85. The topological polar surface area (TPSA) is 40.5 Å². The van der Waals surface area contributed by atoms with E-state index in [9.17, 15) is 5.11 Å². The first kappa shape index (κ1) is 9.06. The van der Waals surface area contributed by atoms with Gasteiger partial charge in [-0.1, -0.05) is 0 Å². The van der Waals surface area contributed by atoms with Gasteiger partial charge in [0.05, 0.1) is 11.9 Å². The lowest BCUT2D eigenvalue weighted by Crippen LogP contribution is -2.09. The summed E-state index contributed by atoms with van der Waals surface area (Å²) in [5, 5.41) is 18.4. The zero-order valence-corrected chi connectivity index (χ0v) is 8.50. The fourth-order valence-corrected chi connectivity index (χ4v) is 2.18. The Kier molecular flexibility index (Phi) is 2.95. The summed E-state index contributed by atoms with van der Waals surface area (Å²) in [6.07, 6.45) is 2.77. The van der Waals surface area contributed by atoms with Gasteiger partial charge in [0.15, 0.2) is 0 Å². The van der Waals surface area contributed by atoms with Crippen LogP contribution in [0.25, 0.3) is 0 Å². The summed E-state index contributed by atoms with van der Waals surface area (Å²) >= 11 is 2.13. The summed E-state index contributed by atoms with van der Waals surface area (Å²) in [5.41, 5.74) is 1.03. The summed E-state index contributed by atoms with van der Waals surface area (Å²) < 4.78 is 0.973. The number of aliphatic hydroxyl groups is 2. The Balaban J connectivity index is 2.86. The smallest absolute Gasteiger partial charge is 0.0936 e. The Morgan fingerprint density at radius 1 is 1.55 bits per heavy atom. The van der Waals surface area contributed by atoms with E-state index >= 15 is 0 Å². The third-order valence-corrected chi connectivity index (χ3v) is 2.76. The molecule has 62 valence electrons. The first-order valence-electron chi connectivity index (χ1n) is 3.57.